The maximum Gasteiger partial charge on any atom is 0.335 e. The van der Waals surface area contributed by atoms with Crippen molar-refractivity contribution in [2.24, 2.45) is 0 Å². The van der Waals surface area contributed by atoms with Crippen molar-refractivity contribution in [3.8, 4) is 0 Å². The van der Waals surface area contributed by atoms with Gasteiger partial charge in [-0.1, -0.05) is 6.07 Å². The van der Waals surface area contributed by atoms with Crippen LogP contribution < -0.4 is 4.72 Å². The van der Waals surface area contributed by atoms with Crippen molar-refractivity contribution in [1.82, 2.24) is 0 Å². The van der Waals surface area contributed by atoms with Crippen LogP contribution in [0.4, 0.5) is 5.69 Å². The summed E-state index contributed by atoms with van der Waals surface area (Å²) < 4.78 is 14.6. The molecule has 0 amide bonds. The minimum absolute atomic E-state index is 0.221. The molecule has 1 aromatic rings. The van der Waals surface area contributed by atoms with Crippen molar-refractivity contribution in [1.29, 1.82) is 0 Å². The summed E-state index contributed by atoms with van der Waals surface area (Å²) in [5, 5.41) is 8.75. The predicted molar refractivity (Wildman–Crippen MR) is 56.2 cm³/mol. The highest BCUT2D eigenvalue weighted by atomic mass is 32.3. The van der Waals surface area contributed by atoms with Gasteiger partial charge in [-0.2, -0.15) is 0 Å². The second-order valence-corrected chi connectivity index (χ2v) is 6.29. The van der Waals surface area contributed by atoms with Crippen molar-refractivity contribution in [2.75, 3.05) is 11.0 Å². The van der Waals surface area contributed by atoms with E-state index in [1.807, 2.05) is 0 Å². The van der Waals surface area contributed by atoms with Gasteiger partial charge in [0.25, 0.3) is 0 Å². The van der Waals surface area contributed by atoms with Crippen LogP contribution in [0.5, 0.6) is 0 Å². The second kappa shape index (κ2) is 2.81. The Morgan fingerprint density at radius 1 is 1.57 bits per heavy atom. The molecule has 1 aliphatic rings. The summed E-state index contributed by atoms with van der Waals surface area (Å²) in [7, 11) is -2.32. The molecule has 0 saturated heterocycles. The van der Waals surface area contributed by atoms with Gasteiger partial charge in [0, 0.05) is 17.7 Å². The number of carbonyl (C=O) groups is 1. The van der Waals surface area contributed by atoms with Gasteiger partial charge in [0.2, 0.25) is 0 Å². The number of rotatable bonds is 1. The van der Waals surface area contributed by atoms with Gasteiger partial charge in [-0.05, 0) is 27.8 Å². The average molecular weight is 213 g/mol. The lowest BCUT2D eigenvalue weighted by molar-refractivity contribution is 0.0697. The van der Waals surface area contributed by atoms with Gasteiger partial charge < -0.3 is 9.83 Å². The third kappa shape index (κ3) is 1.50. The largest absolute Gasteiger partial charge is 0.478 e. The minimum atomic E-state index is -2.32. The molecule has 0 radical (unpaired) electrons. The number of fused-ring (bicyclic) bond motifs is 1. The fourth-order valence-corrected chi connectivity index (χ4v) is 3.29. The summed E-state index contributed by atoms with van der Waals surface area (Å²) in [5.74, 6) is -0.463. The number of thiol groups is 1. The number of carboxylic acids is 1. The number of hydrogen-bond donors (Lipinski definition) is 3. The van der Waals surface area contributed by atoms with Crippen molar-refractivity contribution in [3.63, 3.8) is 0 Å². The molecule has 1 aromatic carbocycles. The van der Waals surface area contributed by atoms with Gasteiger partial charge in [0.15, 0.2) is 0 Å². The Morgan fingerprint density at radius 3 is 2.93 bits per heavy atom. The molecule has 0 bridgehead atoms. The standard InChI is InChI=1S/C9H11NO3S/c1-14(13)5-7-3-2-6(9(11)12)4-8(7)10-14/h2-4,14H,5H2,1H3,(H,10,13)(H,11,12). The number of aromatic carboxylic acids is 1. The van der Waals surface area contributed by atoms with Crippen LogP contribution in [0.15, 0.2) is 18.2 Å². The monoisotopic (exact) mass is 213 g/mol. The molecule has 1 heterocycles. The molecule has 0 atom stereocenters. The van der Waals surface area contributed by atoms with Crippen LogP contribution in [0.25, 0.3) is 0 Å². The number of carboxylic acid groups (broad SMARTS) is 1. The minimum Gasteiger partial charge on any atom is -0.478 e. The topological polar surface area (TPSA) is 66.4 Å². The van der Waals surface area contributed by atoms with E-state index in [1.54, 1.807) is 12.3 Å². The van der Waals surface area contributed by atoms with E-state index < -0.39 is 16.1 Å². The Bertz CT molecular complexity index is 455. The van der Waals surface area contributed by atoms with Crippen LogP contribution >= 0.6 is 0 Å². The van der Waals surface area contributed by atoms with Crippen LogP contribution in [0, 0.1) is 0 Å². The zero-order chi connectivity index (χ0) is 10.3. The van der Waals surface area contributed by atoms with Crippen LogP contribution in [0.2, 0.25) is 0 Å². The molecular formula is C9H11NO3S. The van der Waals surface area contributed by atoms with E-state index in [2.05, 4.69) is 4.72 Å². The first-order valence-corrected chi connectivity index (χ1v) is 6.53. The second-order valence-electron chi connectivity index (χ2n) is 3.55. The Labute approximate surface area is 82.5 Å². The highest BCUT2D eigenvalue weighted by Crippen LogP contribution is 2.30. The SMILES string of the molecule is C[SH]1(=O)Cc2ccc(C(=O)O)cc2N1. The molecule has 0 aliphatic carbocycles. The number of anilines is 1. The van der Waals surface area contributed by atoms with Crippen LogP contribution in [-0.2, 0) is 15.9 Å². The molecule has 0 aromatic heterocycles. The lowest BCUT2D eigenvalue weighted by Crippen LogP contribution is -2.14. The summed E-state index contributed by atoms with van der Waals surface area (Å²) in [5.41, 5.74) is 1.84. The van der Waals surface area contributed by atoms with Crippen molar-refractivity contribution in [2.45, 2.75) is 5.75 Å². The first-order valence-electron chi connectivity index (χ1n) is 4.19. The van der Waals surface area contributed by atoms with Gasteiger partial charge in [0.05, 0.1) is 5.56 Å². The summed E-state index contributed by atoms with van der Waals surface area (Å²) in [6.07, 6.45) is 1.66. The molecule has 0 unspecified atom stereocenters. The third-order valence-corrected chi connectivity index (χ3v) is 3.84. The third-order valence-electron chi connectivity index (χ3n) is 2.19. The quantitative estimate of drug-likeness (QED) is 0.606. The smallest absolute Gasteiger partial charge is 0.335 e. The van der Waals surface area contributed by atoms with Gasteiger partial charge in [-0.15, -0.1) is 0 Å². The van der Waals surface area contributed by atoms with E-state index in [1.165, 1.54) is 12.1 Å². The summed E-state index contributed by atoms with van der Waals surface area (Å²) >= 11 is 0. The molecule has 2 rings (SSSR count). The summed E-state index contributed by atoms with van der Waals surface area (Å²) in [4.78, 5) is 10.7. The molecule has 4 nitrogen and oxygen atoms in total. The van der Waals surface area contributed by atoms with Crippen LogP contribution in [-0.4, -0.2) is 21.5 Å². The maximum atomic E-state index is 11.7. The molecular weight excluding hydrogens is 202 g/mol. The number of benzene rings is 1. The number of hydrogen-bond acceptors (Lipinski definition) is 2. The first kappa shape index (κ1) is 9.21. The molecule has 5 heteroatoms. The van der Waals surface area contributed by atoms with E-state index in [0.717, 1.165) is 5.56 Å². The van der Waals surface area contributed by atoms with Crippen molar-refractivity contribution >= 4 is 21.8 Å². The van der Waals surface area contributed by atoms with E-state index in [9.17, 15) is 9.00 Å². The summed E-state index contributed by atoms with van der Waals surface area (Å²) in [6.45, 7) is 0. The first-order chi connectivity index (χ1) is 6.48. The number of nitrogens with one attached hydrogen (secondary N) is 1. The zero-order valence-corrected chi connectivity index (χ0v) is 8.54. The molecule has 1 aliphatic heterocycles. The van der Waals surface area contributed by atoms with E-state index >= 15 is 0 Å². The summed E-state index contributed by atoms with van der Waals surface area (Å²) in [6, 6.07) is 4.78. The highest BCUT2D eigenvalue weighted by molar-refractivity contribution is 8.03. The molecule has 76 valence electrons. The maximum absolute atomic E-state index is 11.7. The molecule has 0 saturated carbocycles. The Morgan fingerprint density at radius 2 is 2.29 bits per heavy atom. The van der Waals surface area contributed by atoms with Crippen LogP contribution in [0.1, 0.15) is 15.9 Å². The van der Waals surface area contributed by atoms with Gasteiger partial charge in [-0.3, -0.25) is 4.21 Å². The molecule has 14 heavy (non-hydrogen) atoms. The Hall–Kier alpha value is -1.36. The fourth-order valence-electron chi connectivity index (χ4n) is 1.57. The Kier molecular flexibility index (Phi) is 1.85. The van der Waals surface area contributed by atoms with E-state index in [4.69, 9.17) is 5.11 Å². The normalized spacial score (nSPS) is 19.5. The van der Waals surface area contributed by atoms with Gasteiger partial charge >= 0.3 is 5.97 Å². The molecule has 0 spiro atoms. The highest BCUT2D eigenvalue weighted by Gasteiger charge is 2.21. The van der Waals surface area contributed by atoms with Gasteiger partial charge in [0.1, 0.15) is 0 Å². The van der Waals surface area contributed by atoms with E-state index in [0.29, 0.717) is 11.4 Å². The average Bonchev–Trinajstić information content (AvgIpc) is 2.36. The fraction of sp³-hybridized carbons (Fsp3) is 0.222. The zero-order valence-electron chi connectivity index (χ0n) is 7.65. The van der Waals surface area contributed by atoms with Crippen LogP contribution in [0.3, 0.4) is 0 Å². The predicted octanol–water partition coefficient (Wildman–Crippen LogP) is 0.872. The lowest BCUT2D eigenvalue weighted by Gasteiger charge is -2.10. The van der Waals surface area contributed by atoms with Crippen molar-refractivity contribution in [3.05, 3.63) is 29.3 Å². The Balaban J connectivity index is 2.45. The van der Waals surface area contributed by atoms with E-state index in [-0.39, 0.29) is 5.56 Å². The molecule has 2 N–H and O–H groups in total. The van der Waals surface area contributed by atoms with Gasteiger partial charge in [-0.25, -0.2) is 4.79 Å². The van der Waals surface area contributed by atoms with Crippen molar-refractivity contribution < 1.29 is 14.1 Å². The lowest BCUT2D eigenvalue weighted by atomic mass is 10.1. The molecule has 0 fully saturated rings.